The third kappa shape index (κ3) is 4.95. The Morgan fingerprint density at radius 2 is 1.70 bits per heavy atom. The number of anilines is 1. The smallest absolute Gasteiger partial charge is 0.265 e. The predicted molar refractivity (Wildman–Crippen MR) is 120 cm³/mol. The molecule has 4 nitrogen and oxygen atoms in total. The number of benzene rings is 3. The van der Waals surface area contributed by atoms with Crippen LogP contribution in [0, 0.1) is 0 Å². The average Bonchev–Trinajstić information content (AvgIpc) is 2.76. The standard InChI is InChI=1S/C25H24ClNO3/c1-17(29-22-13-11-18-7-5-6-8-19(18)15-22)25(28)27-23-16-20(26)12-14-24(23)30-21-9-3-2-4-10-21/h2-4,9-17H,5-8H2,1H3,(H,27,28). The van der Waals surface area contributed by atoms with Crippen LogP contribution in [0.4, 0.5) is 5.69 Å². The van der Waals surface area contributed by atoms with E-state index in [-0.39, 0.29) is 5.91 Å². The summed E-state index contributed by atoms with van der Waals surface area (Å²) in [6.07, 6.45) is 3.94. The lowest BCUT2D eigenvalue weighted by Gasteiger charge is -2.20. The number of halogens is 1. The summed E-state index contributed by atoms with van der Waals surface area (Å²) in [7, 11) is 0. The summed E-state index contributed by atoms with van der Waals surface area (Å²) in [5.41, 5.74) is 3.20. The molecule has 1 N–H and O–H groups in total. The summed E-state index contributed by atoms with van der Waals surface area (Å²) in [4.78, 5) is 12.8. The number of para-hydroxylation sites is 1. The summed E-state index contributed by atoms with van der Waals surface area (Å²) in [6.45, 7) is 1.73. The van der Waals surface area contributed by atoms with Crippen LogP contribution in [-0.4, -0.2) is 12.0 Å². The molecule has 154 valence electrons. The molecular weight excluding hydrogens is 398 g/mol. The zero-order valence-corrected chi connectivity index (χ0v) is 17.6. The zero-order valence-electron chi connectivity index (χ0n) is 16.9. The molecular formula is C25H24ClNO3. The minimum Gasteiger partial charge on any atom is -0.481 e. The van der Waals surface area contributed by atoms with E-state index >= 15 is 0 Å². The van der Waals surface area contributed by atoms with Crippen molar-refractivity contribution >= 4 is 23.2 Å². The monoisotopic (exact) mass is 421 g/mol. The fraction of sp³-hybridized carbons (Fsp3) is 0.240. The molecule has 0 aromatic heterocycles. The number of fused-ring (bicyclic) bond motifs is 1. The van der Waals surface area contributed by atoms with Crippen molar-refractivity contribution in [3.8, 4) is 17.2 Å². The van der Waals surface area contributed by atoms with Crippen molar-refractivity contribution in [2.75, 3.05) is 5.32 Å². The Morgan fingerprint density at radius 1 is 0.933 bits per heavy atom. The number of hydrogen-bond acceptors (Lipinski definition) is 3. The minimum atomic E-state index is -0.671. The quantitative estimate of drug-likeness (QED) is 0.499. The SMILES string of the molecule is CC(Oc1ccc2c(c1)CCCC2)C(=O)Nc1cc(Cl)ccc1Oc1ccccc1. The molecule has 3 aromatic carbocycles. The molecule has 1 amide bonds. The third-order valence-electron chi connectivity index (χ3n) is 5.17. The van der Waals surface area contributed by atoms with Crippen LogP contribution >= 0.6 is 11.6 Å². The van der Waals surface area contributed by atoms with Gasteiger partial charge >= 0.3 is 0 Å². The molecule has 0 fully saturated rings. The molecule has 0 spiro atoms. The van der Waals surface area contributed by atoms with Crippen molar-refractivity contribution in [1.29, 1.82) is 0 Å². The maximum atomic E-state index is 12.8. The molecule has 3 aromatic rings. The van der Waals surface area contributed by atoms with E-state index in [9.17, 15) is 4.79 Å². The Bertz CT molecular complexity index is 1040. The Balaban J connectivity index is 1.46. The first-order valence-electron chi connectivity index (χ1n) is 10.2. The van der Waals surface area contributed by atoms with E-state index in [0.29, 0.717) is 28.0 Å². The molecule has 5 heteroatoms. The van der Waals surface area contributed by atoms with Crippen LogP contribution in [-0.2, 0) is 17.6 Å². The molecule has 0 radical (unpaired) electrons. The second-order valence-electron chi connectivity index (χ2n) is 7.44. The van der Waals surface area contributed by atoms with Crippen molar-refractivity contribution in [3.05, 3.63) is 82.9 Å². The van der Waals surface area contributed by atoms with Crippen LogP contribution < -0.4 is 14.8 Å². The predicted octanol–water partition coefficient (Wildman–Crippen LogP) is 6.42. The van der Waals surface area contributed by atoms with Crippen molar-refractivity contribution in [1.82, 2.24) is 0 Å². The number of carbonyl (C=O) groups is 1. The lowest BCUT2D eigenvalue weighted by atomic mass is 9.92. The second kappa shape index (κ2) is 9.23. The summed E-state index contributed by atoms with van der Waals surface area (Å²) < 4.78 is 11.8. The molecule has 0 saturated carbocycles. The molecule has 0 bridgehead atoms. The van der Waals surface area contributed by atoms with Crippen LogP contribution in [0.25, 0.3) is 0 Å². The highest BCUT2D eigenvalue weighted by Crippen LogP contribution is 2.32. The number of nitrogens with one attached hydrogen (secondary N) is 1. The maximum absolute atomic E-state index is 12.8. The number of rotatable bonds is 6. The van der Waals surface area contributed by atoms with Crippen molar-refractivity contribution in [3.63, 3.8) is 0 Å². The van der Waals surface area contributed by atoms with Gasteiger partial charge in [0.1, 0.15) is 11.5 Å². The van der Waals surface area contributed by atoms with Crippen LogP contribution in [0.3, 0.4) is 0 Å². The molecule has 1 atom stereocenters. The van der Waals surface area contributed by atoms with Gasteiger partial charge in [0, 0.05) is 5.02 Å². The van der Waals surface area contributed by atoms with Crippen molar-refractivity contribution in [2.45, 2.75) is 38.7 Å². The van der Waals surface area contributed by atoms with Crippen LogP contribution in [0.5, 0.6) is 17.2 Å². The van der Waals surface area contributed by atoms with Gasteiger partial charge in [-0.15, -0.1) is 0 Å². The highest BCUT2D eigenvalue weighted by Gasteiger charge is 2.19. The molecule has 4 rings (SSSR count). The number of hydrogen-bond donors (Lipinski definition) is 1. The Morgan fingerprint density at radius 3 is 2.50 bits per heavy atom. The van der Waals surface area contributed by atoms with Gasteiger partial charge < -0.3 is 14.8 Å². The van der Waals surface area contributed by atoms with Gasteiger partial charge in [-0.2, -0.15) is 0 Å². The first-order valence-corrected chi connectivity index (χ1v) is 10.6. The Kier molecular flexibility index (Phi) is 6.24. The van der Waals surface area contributed by atoms with Gasteiger partial charge in [-0.1, -0.05) is 35.9 Å². The van der Waals surface area contributed by atoms with E-state index in [0.717, 1.165) is 12.8 Å². The van der Waals surface area contributed by atoms with Gasteiger partial charge in [-0.05, 0) is 86.2 Å². The van der Waals surface area contributed by atoms with Gasteiger partial charge in [0.2, 0.25) is 0 Å². The number of aryl methyl sites for hydroxylation is 2. The largest absolute Gasteiger partial charge is 0.481 e. The Hall–Kier alpha value is -2.98. The summed E-state index contributed by atoms with van der Waals surface area (Å²) in [6, 6.07) is 20.6. The molecule has 1 aliphatic carbocycles. The number of carbonyl (C=O) groups excluding carboxylic acids is 1. The van der Waals surface area contributed by atoms with Crippen LogP contribution in [0.15, 0.2) is 66.7 Å². The zero-order chi connectivity index (χ0) is 20.9. The summed E-state index contributed by atoms with van der Waals surface area (Å²) in [5.74, 6) is 1.63. The molecule has 1 unspecified atom stereocenters. The first kappa shape index (κ1) is 20.3. The third-order valence-corrected chi connectivity index (χ3v) is 5.41. The lowest BCUT2D eigenvalue weighted by Crippen LogP contribution is -2.30. The highest BCUT2D eigenvalue weighted by atomic mass is 35.5. The van der Waals surface area contributed by atoms with Crippen LogP contribution in [0.2, 0.25) is 5.02 Å². The van der Waals surface area contributed by atoms with Gasteiger partial charge in [0.15, 0.2) is 11.9 Å². The van der Waals surface area contributed by atoms with Gasteiger partial charge in [0.05, 0.1) is 5.69 Å². The molecule has 0 heterocycles. The fourth-order valence-corrected chi connectivity index (χ4v) is 3.75. The van der Waals surface area contributed by atoms with E-state index in [1.165, 1.54) is 24.0 Å². The minimum absolute atomic E-state index is 0.270. The van der Waals surface area contributed by atoms with Gasteiger partial charge in [-0.25, -0.2) is 0 Å². The Labute approximate surface area is 181 Å². The number of ether oxygens (including phenoxy) is 2. The molecule has 1 aliphatic rings. The molecule has 30 heavy (non-hydrogen) atoms. The maximum Gasteiger partial charge on any atom is 0.265 e. The number of amides is 1. The fourth-order valence-electron chi connectivity index (χ4n) is 3.58. The highest BCUT2D eigenvalue weighted by molar-refractivity contribution is 6.31. The van der Waals surface area contributed by atoms with Crippen molar-refractivity contribution in [2.24, 2.45) is 0 Å². The van der Waals surface area contributed by atoms with E-state index in [1.807, 2.05) is 36.4 Å². The first-order chi connectivity index (χ1) is 14.6. The summed E-state index contributed by atoms with van der Waals surface area (Å²) >= 11 is 6.14. The topological polar surface area (TPSA) is 47.6 Å². The molecule has 0 aliphatic heterocycles. The van der Waals surface area contributed by atoms with E-state index in [4.69, 9.17) is 21.1 Å². The van der Waals surface area contributed by atoms with E-state index < -0.39 is 6.10 Å². The van der Waals surface area contributed by atoms with E-state index in [2.05, 4.69) is 17.4 Å². The summed E-state index contributed by atoms with van der Waals surface area (Å²) in [5, 5.41) is 3.39. The lowest BCUT2D eigenvalue weighted by molar-refractivity contribution is -0.122. The molecule has 0 saturated heterocycles. The normalized spacial score (nSPS) is 13.8. The van der Waals surface area contributed by atoms with Gasteiger partial charge in [0.25, 0.3) is 5.91 Å². The average molecular weight is 422 g/mol. The van der Waals surface area contributed by atoms with Crippen LogP contribution in [0.1, 0.15) is 30.9 Å². The van der Waals surface area contributed by atoms with Gasteiger partial charge in [-0.3, -0.25) is 4.79 Å². The van der Waals surface area contributed by atoms with E-state index in [1.54, 1.807) is 25.1 Å². The van der Waals surface area contributed by atoms with Crippen molar-refractivity contribution < 1.29 is 14.3 Å². The second-order valence-corrected chi connectivity index (χ2v) is 7.88.